The minimum absolute atomic E-state index is 0.216. The number of methoxy groups -OCH3 is 1. The summed E-state index contributed by atoms with van der Waals surface area (Å²) in [6.07, 6.45) is 6.22. The Hall–Kier alpha value is -5.07. The molecule has 1 aromatic carbocycles. The fourth-order valence-electron chi connectivity index (χ4n) is 4.64. The molecule has 1 aliphatic rings. The fraction of sp³-hybridized carbons (Fsp3) is 0.240. The summed E-state index contributed by atoms with van der Waals surface area (Å²) < 4.78 is 8.89. The Bertz CT molecular complexity index is 1630. The number of para-hydroxylation sites is 1. The SMILES string of the molecule is COc1cnc(-n2cnc(C)n2)c2[nH]cc(C(=O)C(=O)N3CCN(c4nncn4-c4ccccc4)CC3)c12. The number of hydrogen-bond acceptors (Lipinski definition) is 9. The number of ketones is 1. The molecule has 6 rings (SSSR count). The van der Waals surface area contributed by atoms with Crippen molar-refractivity contribution in [3.05, 3.63) is 66.8 Å². The molecule has 1 amide bonds. The van der Waals surface area contributed by atoms with E-state index in [1.807, 2.05) is 34.9 Å². The minimum Gasteiger partial charge on any atom is -0.494 e. The molecular formula is C25H24N10O3. The normalized spacial score (nSPS) is 13.7. The average Bonchev–Trinajstić information content (AvgIpc) is 3.72. The zero-order valence-corrected chi connectivity index (χ0v) is 20.8. The number of H-pyrrole nitrogens is 1. The van der Waals surface area contributed by atoms with Crippen molar-refractivity contribution >= 4 is 28.5 Å². The zero-order chi connectivity index (χ0) is 26.2. The second kappa shape index (κ2) is 9.42. The summed E-state index contributed by atoms with van der Waals surface area (Å²) in [5.41, 5.74) is 1.69. The molecule has 1 saturated heterocycles. The Kier molecular flexibility index (Phi) is 5.79. The van der Waals surface area contributed by atoms with Gasteiger partial charge in [-0.2, -0.15) is 5.10 Å². The molecule has 0 aliphatic carbocycles. The number of Topliss-reactive ketones (excluding diaryl/α,β-unsaturated/α-hetero) is 1. The monoisotopic (exact) mass is 512 g/mol. The molecule has 0 saturated carbocycles. The van der Waals surface area contributed by atoms with E-state index in [4.69, 9.17) is 4.74 Å². The standard InChI is InChI=1S/C25H24N10O3/c1-16-28-14-35(31-16)23-21-20(19(38-2)13-27-23)18(12-26-21)22(36)24(37)32-8-10-33(11-9-32)25-30-29-15-34(25)17-6-4-3-5-7-17/h3-7,12-15,26H,8-11H2,1-2H3. The number of carbonyl (C=O) groups is 2. The molecule has 1 fully saturated rings. The van der Waals surface area contributed by atoms with Gasteiger partial charge in [0.1, 0.15) is 24.2 Å². The van der Waals surface area contributed by atoms with Crippen LogP contribution in [0.2, 0.25) is 0 Å². The molecular weight excluding hydrogens is 488 g/mol. The van der Waals surface area contributed by atoms with Crippen LogP contribution in [0.5, 0.6) is 5.75 Å². The van der Waals surface area contributed by atoms with Gasteiger partial charge in [0.05, 0.1) is 35.5 Å². The van der Waals surface area contributed by atoms with E-state index in [-0.39, 0.29) is 5.56 Å². The topological polar surface area (TPSA) is 140 Å². The van der Waals surface area contributed by atoms with Crippen LogP contribution < -0.4 is 9.64 Å². The van der Waals surface area contributed by atoms with Gasteiger partial charge in [-0.3, -0.25) is 14.2 Å². The summed E-state index contributed by atoms with van der Waals surface area (Å²) in [6, 6.07) is 9.81. The maximum atomic E-state index is 13.4. The van der Waals surface area contributed by atoms with Crippen molar-refractivity contribution in [2.75, 3.05) is 38.2 Å². The third-order valence-electron chi connectivity index (χ3n) is 6.55. The molecule has 38 heavy (non-hydrogen) atoms. The number of nitrogens with one attached hydrogen (secondary N) is 1. The molecule has 4 aromatic heterocycles. The third-order valence-corrected chi connectivity index (χ3v) is 6.55. The highest BCUT2D eigenvalue weighted by Crippen LogP contribution is 2.32. The summed E-state index contributed by atoms with van der Waals surface area (Å²) in [5.74, 6) is 0.899. The number of benzene rings is 1. The van der Waals surface area contributed by atoms with Crippen LogP contribution in [0.4, 0.5) is 5.95 Å². The molecule has 5 heterocycles. The van der Waals surface area contributed by atoms with E-state index in [0.717, 1.165) is 5.69 Å². The number of aromatic nitrogens is 8. The van der Waals surface area contributed by atoms with E-state index in [1.54, 1.807) is 18.2 Å². The number of amides is 1. The number of pyridine rings is 1. The lowest BCUT2D eigenvalue weighted by Crippen LogP contribution is -2.51. The maximum Gasteiger partial charge on any atom is 0.295 e. The molecule has 0 spiro atoms. The van der Waals surface area contributed by atoms with Crippen LogP contribution in [0, 0.1) is 6.92 Å². The summed E-state index contributed by atoms with van der Waals surface area (Å²) >= 11 is 0. The lowest BCUT2D eigenvalue weighted by molar-refractivity contribution is -0.126. The molecule has 0 unspecified atom stereocenters. The smallest absolute Gasteiger partial charge is 0.295 e. The summed E-state index contributed by atoms with van der Waals surface area (Å²) in [6.45, 7) is 3.54. The summed E-state index contributed by atoms with van der Waals surface area (Å²) in [5, 5.41) is 13.1. The van der Waals surface area contributed by atoms with Gasteiger partial charge in [0.15, 0.2) is 5.82 Å². The second-order valence-corrected chi connectivity index (χ2v) is 8.78. The van der Waals surface area contributed by atoms with E-state index in [0.29, 0.717) is 60.4 Å². The summed E-state index contributed by atoms with van der Waals surface area (Å²) in [4.78, 5) is 42.0. The average molecular weight is 513 g/mol. The quantitative estimate of drug-likeness (QED) is 0.265. The molecule has 13 nitrogen and oxygen atoms in total. The van der Waals surface area contributed by atoms with Crippen LogP contribution in [0.3, 0.4) is 0 Å². The van der Waals surface area contributed by atoms with Crippen molar-refractivity contribution in [3.8, 4) is 17.3 Å². The van der Waals surface area contributed by atoms with Gasteiger partial charge >= 0.3 is 0 Å². The first-order valence-electron chi connectivity index (χ1n) is 12.0. The third kappa shape index (κ3) is 3.93. The van der Waals surface area contributed by atoms with Gasteiger partial charge < -0.3 is 19.5 Å². The van der Waals surface area contributed by atoms with Crippen LogP contribution in [0.25, 0.3) is 22.4 Å². The number of piperazine rings is 1. The van der Waals surface area contributed by atoms with Crippen LogP contribution in [-0.2, 0) is 4.79 Å². The Labute approximate surface area is 216 Å². The van der Waals surface area contributed by atoms with Gasteiger partial charge in [0, 0.05) is 32.4 Å². The molecule has 0 atom stereocenters. The van der Waals surface area contributed by atoms with E-state index >= 15 is 0 Å². The molecule has 192 valence electrons. The number of hydrogen-bond donors (Lipinski definition) is 1. The number of aromatic amines is 1. The number of ether oxygens (including phenoxy) is 1. The fourth-order valence-corrected chi connectivity index (χ4v) is 4.64. The van der Waals surface area contributed by atoms with Crippen molar-refractivity contribution in [1.82, 2.24) is 44.4 Å². The molecule has 1 aliphatic heterocycles. The molecule has 0 bridgehead atoms. The lowest BCUT2D eigenvalue weighted by Gasteiger charge is -2.34. The van der Waals surface area contributed by atoms with E-state index in [1.165, 1.54) is 30.5 Å². The van der Waals surface area contributed by atoms with Crippen molar-refractivity contribution in [2.24, 2.45) is 0 Å². The minimum atomic E-state index is -0.623. The van der Waals surface area contributed by atoms with Gasteiger partial charge in [0.2, 0.25) is 5.95 Å². The van der Waals surface area contributed by atoms with Gasteiger partial charge in [0.25, 0.3) is 11.7 Å². The van der Waals surface area contributed by atoms with Crippen molar-refractivity contribution in [3.63, 3.8) is 0 Å². The van der Waals surface area contributed by atoms with Gasteiger partial charge in [-0.1, -0.05) is 18.2 Å². The molecule has 5 aromatic rings. The van der Waals surface area contributed by atoms with Gasteiger partial charge in [-0.15, -0.1) is 10.2 Å². The maximum absolute atomic E-state index is 13.4. The number of anilines is 1. The first kappa shape index (κ1) is 23.3. The van der Waals surface area contributed by atoms with Crippen LogP contribution >= 0.6 is 0 Å². The van der Waals surface area contributed by atoms with Crippen LogP contribution in [0.1, 0.15) is 16.2 Å². The van der Waals surface area contributed by atoms with E-state index in [2.05, 4.69) is 35.1 Å². The van der Waals surface area contributed by atoms with Crippen molar-refractivity contribution in [1.29, 1.82) is 0 Å². The Balaban J connectivity index is 1.22. The Morgan fingerprint density at radius 2 is 1.82 bits per heavy atom. The molecule has 0 radical (unpaired) electrons. The van der Waals surface area contributed by atoms with Gasteiger partial charge in [-0.25, -0.2) is 14.6 Å². The van der Waals surface area contributed by atoms with E-state index in [9.17, 15) is 9.59 Å². The van der Waals surface area contributed by atoms with E-state index < -0.39 is 11.7 Å². The number of carbonyl (C=O) groups excluding carboxylic acids is 2. The van der Waals surface area contributed by atoms with Gasteiger partial charge in [-0.05, 0) is 19.1 Å². The first-order chi connectivity index (χ1) is 18.5. The Morgan fingerprint density at radius 3 is 2.53 bits per heavy atom. The first-order valence-corrected chi connectivity index (χ1v) is 12.0. The number of aryl methyl sites for hydroxylation is 1. The Morgan fingerprint density at radius 1 is 1.03 bits per heavy atom. The second-order valence-electron chi connectivity index (χ2n) is 8.78. The lowest BCUT2D eigenvalue weighted by atomic mass is 10.1. The largest absolute Gasteiger partial charge is 0.494 e. The summed E-state index contributed by atoms with van der Waals surface area (Å²) in [7, 11) is 1.49. The number of fused-ring (bicyclic) bond motifs is 1. The predicted molar refractivity (Wildman–Crippen MR) is 137 cm³/mol. The molecule has 1 N–H and O–H groups in total. The number of rotatable bonds is 6. The predicted octanol–water partition coefficient (Wildman–Crippen LogP) is 1.57. The highest BCUT2D eigenvalue weighted by atomic mass is 16.5. The van der Waals surface area contributed by atoms with Crippen LogP contribution in [-0.4, -0.2) is 89.4 Å². The number of nitrogens with zero attached hydrogens (tertiary/aromatic N) is 9. The highest BCUT2D eigenvalue weighted by Gasteiger charge is 2.31. The molecule has 13 heteroatoms. The van der Waals surface area contributed by atoms with Crippen molar-refractivity contribution < 1.29 is 14.3 Å². The highest BCUT2D eigenvalue weighted by molar-refractivity contribution is 6.45. The zero-order valence-electron chi connectivity index (χ0n) is 20.8. The van der Waals surface area contributed by atoms with Crippen LogP contribution in [0.15, 0.2) is 55.4 Å². The van der Waals surface area contributed by atoms with Crippen molar-refractivity contribution in [2.45, 2.75) is 6.92 Å².